The SMILES string of the molecule is CC(NC(=O)c1cn2c3c(cc(Br)cc3c1=O)CC2)c1ccc(Cl)cc1. The number of nitrogens with one attached hydrogen (secondary N) is 1. The van der Waals surface area contributed by atoms with Gasteiger partial charge < -0.3 is 9.88 Å². The summed E-state index contributed by atoms with van der Waals surface area (Å²) in [4.78, 5) is 25.7. The first-order valence-electron chi connectivity index (χ1n) is 8.36. The summed E-state index contributed by atoms with van der Waals surface area (Å²) >= 11 is 9.37. The molecule has 3 aromatic rings. The van der Waals surface area contributed by atoms with Crippen LogP contribution in [0.1, 0.15) is 34.5 Å². The lowest BCUT2D eigenvalue weighted by atomic mass is 10.1. The van der Waals surface area contributed by atoms with Crippen LogP contribution in [-0.2, 0) is 13.0 Å². The zero-order valence-corrected chi connectivity index (χ0v) is 16.4. The fourth-order valence-corrected chi connectivity index (χ4v) is 4.10. The molecule has 1 aliphatic rings. The van der Waals surface area contributed by atoms with Gasteiger partial charge in [-0.3, -0.25) is 9.59 Å². The molecular formula is C20H16BrClN2O2. The molecule has 4 nitrogen and oxygen atoms in total. The van der Waals surface area contributed by atoms with Crippen molar-refractivity contribution in [3.05, 3.63) is 79.0 Å². The second kappa shape index (κ2) is 6.56. The highest BCUT2D eigenvalue weighted by molar-refractivity contribution is 9.10. The Labute approximate surface area is 163 Å². The van der Waals surface area contributed by atoms with Crippen LogP contribution in [0.15, 0.2) is 51.9 Å². The molecule has 6 heteroatoms. The Hall–Kier alpha value is -2.11. The molecule has 2 heterocycles. The molecule has 0 aliphatic carbocycles. The van der Waals surface area contributed by atoms with Crippen molar-refractivity contribution in [3.63, 3.8) is 0 Å². The molecule has 0 bridgehead atoms. The van der Waals surface area contributed by atoms with Crippen LogP contribution in [-0.4, -0.2) is 10.5 Å². The molecule has 1 aliphatic heterocycles. The lowest BCUT2D eigenvalue weighted by molar-refractivity contribution is 0.0938. The minimum Gasteiger partial charge on any atom is -0.346 e. The molecule has 1 amide bonds. The predicted octanol–water partition coefficient (Wildman–Crippen LogP) is 4.46. The van der Waals surface area contributed by atoms with Crippen LogP contribution < -0.4 is 10.7 Å². The van der Waals surface area contributed by atoms with E-state index in [9.17, 15) is 9.59 Å². The van der Waals surface area contributed by atoms with Gasteiger partial charge in [0.2, 0.25) is 5.43 Å². The van der Waals surface area contributed by atoms with Crippen molar-refractivity contribution in [2.45, 2.75) is 25.9 Å². The van der Waals surface area contributed by atoms with Gasteiger partial charge in [-0.15, -0.1) is 0 Å². The maximum Gasteiger partial charge on any atom is 0.257 e. The minimum absolute atomic E-state index is 0.171. The van der Waals surface area contributed by atoms with Crippen LogP contribution in [0.2, 0.25) is 5.02 Å². The monoisotopic (exact) mass is 430 g/mol. The Balaban J connectivity index is 1.71. The van der Waals surface area contributed by atoms with E-state index in [4.69, 9.17) is 11.6 Å². The number of nitrogens with zero attached hydrogens (tertiary/aromatic N) is 1. The first kappa shape index (κ1) is 17.3. The minimum atomic E-state index is -0.364. The van der Waals surface area contributed by atoms with E-state index in [0.29, 0.717) is 10.4 Å². The van der Waals surface area contributed by atoms with Crippen molar-refractivity contribution in [1.82, 2.24) is 9.88 Å². The van der Waals surface area contributed by atoms with Crippen LogP contribution in [0.25, 0.3) is 10.9 Å². The molecule has 132 valence electrons. The fourth-order valence-electron chi connectivity index (χ4n) is 3.47. The lowest BCUT2D eigenvalue weighted by Crippen LogP contribution is -2.31. The number of amides is 1. The average molecular weight is 432 g/mol. The number of aryl methyl sites for hydroxylation is 2. The van der Waals surface area contributed by atoms with Crippen molar-refractivity contribution >= 4 is 44.3 Å². The number of rotatable bonds is 3. The lowest BCUT2D eigenvalue weighted by Gasteiger charge is -2.15. The highest BCUT2D eigenvalue weighted by Crippen LogP contribution is 2.28. The number of pyridine rings is 1. The largest absolute Gasteiger partial charge is 0.346 e. The van der Waals surface area contributed by atoms with Crippen LogP contribution in [0.5, 0.6) is 0 Å². The summed E-state index contributed by atoms with van der Waals surface area (Å²) in [7, 11) is 0. The Morgan fingerprint density at radius 3 is 2.73 bits per heavy atom. The van der Waals surface area contributed by atoms with Gasteiger partial charge in [0.25, 0.3) is 5.91 Å². The van der Waals surface area contributed by atoms with Crippen molar-refractivity contribution in [1.29, 1.82) is 0 Å². The smallest absolute Gasteiger partial charge is 0.257 e. The average Bonchev–Trinajstić information content (AvgIpc) is 3.01. The Morgan fingerprint density at radius 2 is 2.00 bits per heavy atom. The van der Waals surface area contributed by atoms with Gasteiger partial charge in [0.15, 0.2) is 0 Å². The van der Waals surface area contributed by atoms with Crippen molar-refractivity contribution in [3.8, 4) is 0 Å². The fraction of sp³-hybridized carbons (Fsp3) is 0.200. The zero-order valence-electron chi connectivity index (χ0n) is 14.1. The summed E-state index contributed by atoms with van der Waals surface area (Å²) in [6.45, 7) is 2.66. The number of benzene rings is 2. The molecule has 0 radical (unpaired) electrons. The van der Waals surface area contributed by atoms with Gasteiger partial charge >= 0.3 is 0 Å². The summed E-state index contributed by atoms with van der Waals surface area (Å²) in [5.74, 6) is -0.364. The molecule has 1 unspecified atom stereocenters. The van der Waals surface area contributed by atoms with E-state index < -0.39 is 0 Å². The second-order valence-electron chi connectivity index (χ2n) is 6.52. The number of aromatic nitrogens is 1. The third-order valence-electron chi connectivity index (χ3n) is 4.80. The van der Waals surface area contributed by atoms with E-state index in [0.717, 1.165) is 34.1 Å². The van der Waals surface area contributed by atoms with E-state index in [1.807, 2.05) is 29.7 Å². The van der Waals surface area contributed by atoms with Crippen molar-refractivity contribution < 1.29 is 4.79 Å². The molecule has 0 saturated carbocycles. The Bertz CT molecular complexity index is 1090. The third kappa shape index (κ3) is 2.95. The highest BCUT2D eigenvalue weighted by Gasteiger charge is 2.22. The third-order valence-corrected chi connectivity index (χ3v) is 5.51. The molecule has 0 spiro atoms. The normalized spacial score (nSPS) is 13.8. The number of carbonyl (C=O) groups is 1. The number of halogens is 2. The molecule has 0 saturated heterocycles. The first-order chi connectivity index (χ1) is 12.4. The Kier molecular flexibility index (Phi) is 4.37. The number of carbonyl (C=O) groups excluding carboxylic acids is 1. The molecule has 1 N–H and O–H groups in total. The van der Waals surface area contributed by atoms with E-state index in [1.54, 1.807) is 24.4 Å². The molecule has 0 fully saturated rings. The summed E-state index contributed by atoms with van der Waals surface area (Å²) in [5, 5.41) is 4.14. The quantitative estimate of drug-likeness (QED) is 0.665. The number of hydrogen-bond donors (Lipinski definition) is 1. The topological polar surface area (TPSA) is 51.1 Å². The van der Waals surface area contributed by atoms with Gasteiger partial charge in [-0.05, 0) is 48.7 Å². The summed E-state index contributed by atoms with van der Waals surface area (Å²) in [6.07, 6.45) is 2.54. The highest BCUT2D eigenvalue weighted by atomic mass is 79.9. The molecule has 1 aromatic heterocycles. The predicted molar refractivity (Wildman–Crippen MR) is 107 cm³/mol. The Morgan fingerprint density at radius 1 is 1.27 bits per heavy atom. The molecule has 2 aromatic carbocycles. The summed E-state index contributed by atoms with van der Waals surface area (Å²) in [5.41, 5.74) is 2.93. The number of hydrogen-bond acceptors (Lipinski definition) is 2. The van der Waals surface area contributed by atoms with Gasteiger partial charge in [-0.2, -0.15) is 0 Å². The van der Waals surface area contributed by atoms with E-state index in [-0.39, 0.29) is 22.9 Å². The molecule has 26 heavy (non-hydrogen) atoms. The van der Waals surface area contributed by atoms with Crippen molar-refractivity contribution in [2.24, 2.45) is 0 Å². The van der Waals surface area contributed by atoms with Gasteiger partial charge in [0.1, 0.15) is 5.56 Å². The summed E-state index contributed by atoms with van der Waals surface area (Å²) in [6, 6.07) is 10.9. The first-order valence-corrected chi connectivity index (χ1v) is 9.53. The maximum absolute atomic E-state index is 12.9. The van der Waals surface area contributed by atoms with Crippen molar-refractivity contribution in [2.75, 3.05) is 0 Å². The van der Waals surface area contributed by atoms with E-state index in [2.05, 4.69) is 21.2 Å². The second-order valence-corrected chi connectivity index (χ2v) is 7.88. The van der Waals surface area contributed by atoms with Crippen LogP contribution in [0.3, 0.4) is 0 Å². The molecule has 4 rings (SSSR count). The molecule has 1 atom stereocenters. The van der Waals surface area contributed by atoms with Gasteiger partial charge in [0.05, 0.1) is 11.6 Å². The van der Waals surface area contributed by atoms with Crippen LogP contribution in [0, 0.1) is 0 Å². The maximum atomic E-state index is 12.9. The van der Waals surface area contributed by atoms with Crippen LogP contribution >= 0.6 is 27.5 Å². The summed E-state index contributed by atoms with van der Waals surface area (Å²) < 4.78 is 2.86. The van der Waals surface area contributed by atoms with Gasteiger partial charge in [-0.1, -0.05) is 39.7 Å². The zero-order chi connectivity index (χ0) is 18.4. The van der Waals surface area contributed by atoms with E-state index >= 15 is 0 Å². The van der Waals surface area contributed by atoms with Gasteiger partial charge in [0, 0.05) is 27.6 Å². The van der Waals surface area contributed by atoms with Crippen LogP contribution in [0.4, 0.5) is 0 Å². The standard InChI is InChI=1S/C20H16BrClN2O2/c1-11(12-2-4-15(22)5-3-12)23-20(26)17-10-24-7-6-13-8-14(21)9-16(18(13)24)19(17)25/h2-5,8-11H,6-7H2,1H3,(H,23,26). The van der Waals surface area contributed by atoms with E-state index in [1.165, 1.54) is 0 Å². The molecular weight excluding hydrogens is 416 g/mol. The van der Waals surface area contributed by atoms with Gasteiger partial charge in [-0.25, -0.2) is 0 Å².